The Morgan fingerprint density at radius 1 is 0.882 bits per heavy atom. The number of amides is 1. The van der Waals surface area contributed by atoms with Crippen molar-refractivity contribution < 1.29 is 22.7 Å². The molecule has 0 aromatic heterocycles. The third-order valence-electron chi connectivity index (χ3n) is 4.80. The lowest BCUT2D eigenvalue weighted by Gasteiger charge is -2.15. The van der Waals surface area contributed by atoms with Gasteiger partial charge in [0.05, 0.1) is 10.5 Å². The summed E-state index contributed by atoms with van der Waals surface area (Å²) in [4.78, 5) is 26.9. The third kappa shape index (κ3) is 6.58. The Morgan fingerprint density at radius 2 is 1.44 bits per heavy atom. The summed E-state index contributed by atoms with van der Waals surface area (Å²) in [5.74, 6) is -1.17. The van der Waals surface area contributed by atoms with Gasteiger partial charge in [-0.3, -0.25) is 9.52 Å². The number of esters is 1. The number of nitrogens with zero attached hydrogens (tertiary/aromatic N) is 1. The summed E-state index contributed by atoms with van der Waals surface area (Å²) in [7, 11) is 0.0582. The molecule has 0 saturated heterocycles. The van der Waals surface area contributed by atoms with Crippen LogP contribution in [0.4, 0.5) is 17.1 Å². The average Bonchev–Trinajstić information content (AvgIpc) is 2.79. The Kier molecular flexibility index (Phi) is 7.95. The number of hydrogen-bond donors (Lipinski definition) is 2. The summed E-state index contributed by atoms with van der Waals surface area (Å²) in [6.07, 6.45) is -1.03. The number of benzene rings is 3. The van der Waals surface area contributed by atoms with E-state index >= 15 is 0 Å². The van der Waals surface area contributed by atoms with E-state index in [4.69, 9.17) is 4.74 Å². The highest BCUT2D eigenvalue weighted by Crippen LogP contribution is 2.20. The fourth-order valence-corrected chi connectivity index (χ4v) is 4.19. The Morgan fingerprint density at radius 3 is 2.00 bits per heavy atom. The Labute approximate surface area is 207 Å². The molecule has 0 aliphatic carbocycles. The van der Waals surface area contributed by atoms with Crippen LogP contribution < -0.4 is 14.9 Å². The Hall–Kier alpha value is -3.37. The van der Waals surface area contributed by atoms with E-state index in [2.05, 4.69) is 26.0 Å². The van der Waals surface area contributed by atoms with Gasteiger partial charge in [-0.1, -0.05) is 15.9 Å². The number of halogens is 1. The molecule has 1 amide bonds. The lowest BCUT2D eigenvalue weighted by atomic mass is 10.2. The van der Waals surface area contributed by atoms with Crippen molar-refractivity contribution >= 4 is 54.9 Å². The van der Waals surface area contributed by atoms with Crippen LogP contribution in [0.25, 0.3) is 0 Å². The number of rotatable bonds is 8. The smallest absolute Gasteiger partial charge is 0.338 e. The van der Waals surface area contributed by atoms with Crippen LogP contribution >= 0.6 is 15.9 Å². The number of hydrogen-bond acceptors (Lipinski definition) is 6. The first-order chi connectivity index (χ1) is 16.0. The van der Waals surface area contributed by atoms with Gasteiger partial charge in [-0.25, -0.2) is 13.2 Å². The maximum atomic E-state index is 12.5. The highest BCUT2D eigenvalue weighted by molar-refractivity contribution is 9.10. The fraction of sp³-hybridized carbons (Fsp3) is 0.167. The van der Waals surface area contributed by atoms with Gasteiger partial charge < -0.3 is 15.0 Å². The Bertz CT molecular complexity index is 1260. The summed E-state index contributed by atoms with van der Waals surface area (Å²) in [6, 6.07) is 19.2. The summed E-state index contributed by atoms with van der Waals surface area (Å²) >= 11 is 3.26. The molecule has 0 aliphatic heterocycles. The van der Waals surface area contributed by atoms with Crippen molar-refractivity contribution in [3.8, 4) is 0 Å². The first kappa shape index (κ1) is 25.3. The second-order valence-corrected chi connectivity index (χ2v) is 10.2. The molecule has 0 bridgehead atoms. The fourth-order valence-electron chi connectivity index (χ4n) is 2.87. The van der Waals surface area contributed by atoms with Gasteiger partial charge in [-0.2, -0.15) is 0 Å². The van der Waals surface area contributed by atoms with Crippen LogP contribution in [0, 0.1) is 0 Å². The van der Waals surface area contributed by atoms with Crippen molar-refractivity contribution in [1.29, 1.82) is 0 Å². The predicted molar refractivity (Wildman–Crippen MR) is 136 cm³/mol. The molecule has 8 nitrogen and oxygen atoms in total. The predicted octanol–water partition coefficient (Wildman–Crippen LogP) is 4.50. The van der Waals surface area contributed by atoms with Crippen LogP contribution in [-0.2, 0) is 19.6 Å². The number of carbonyl (C=O) groups excluding carboxylic acids is 2. The first-order valence-electron chi connectivity index (χ1n) is 10.2. The number of sulfonamides is 1. The molecular weight excluding hydrogens is 522 g/mol. The molecule has 3 aromatic rings. The van der Waals surface area contributed by atoms with E-state index in [1.54, 1.807) is 24.3 Å². The Balaban J connectivity index is 1.58. The number of carbonyl (C=O) groups is 2. The van der Waals surface area contributed by atoms with Crippen LogP contribution in [0.3, 0.4) is 0 Å². The van der Waals surface area contributed by atoms with Crippen LogP contribution in [0.5, 0.6) is 0 Å². The minimum Gasteiger partial charge on any atom is -0.449 e. The van der Waals surface area contributed by atoms with Gasteiger partial charge in [-0.05, 0) is 79.7 Å². The molecule has 0 radical (unpaired) electrons. The molecule has 3 aromatic carbocycles. The van der Waals surface area contributed by atoms with Crippen molar-refractivity contribution in [2.45, 2.75) is 17.9 Å². The SMILES string of the molecule is CC(OC(=O)c1ccc(NS(=O)(=O)c2ccc(Br)cc2)cc1)C(=O)Nc1ccc(N(C)C)cc1. The van der Waals surface area contributed by atoms with Gasteiger partial charge >= 0.3 is 5.97 Å². The van der Waals surface area contributed by atoms with Crippen LogP contribution in [0.2, 0.25) is 0 Å². The second kappa shape index (κ2) is 10.7. The quantitative estimate of drug-likeness (QED) is 0.404. The van der Waals surface area contributed by atoms with Gasteiger partial charge in [0.25, 0.3) is 15.9 Å². The zero-order valence-corrected chi connectivity index (χ0v) is 21.2. The number of ether oxygens (including phenoxy) is 1. The minimum atomic E-state index is -3.77. The minimum absolute atomic E-state index is 0.107. The monoisotopic (exact) mass is 545 g/mol. The summed E-state index contributed by atoms with van der Waals surface area (Å²) in [5, 5.41) is 2.70. The average molecular weight is 546 g/mol. The topological polar surface area (TPSA) is 105 Å². The lowest BCUT2D eigenvalue weighted by Crippen LogP contribution is -2.30. The highest BCUT2D eigenvalue weighted by atomic mass is 79.9. The molecule has 0 aliphatic rings. The molecule has 0 spiro atoms. The maximum absolute atomic E-state index is 12.5. The highest BCUT2D eigenvalue weighted by Gasteiger charge is 2.20. The second-order valence-electron chi connectivity index (χ2n) is 7.61. The standard InChI is InChI=1S/C24H24BrN3O5S/c1-16(23(29)26-19-10-12-21(13-11-19)28(2)3)33-24(30)17-4-8-20(9-5-17)27-34(31,32)22-14-6-18(25)7-15-22/h4-16,27H,1-3H3,(H,26,29). The van der Waals surface area contributed by atoms with E-state index in [-0.39, 0.29) is 16.1 Å². The van der Waals surface area contributed by atoms with Crippen molar-refractivity contribution in [3.63, 3.8) is 0 Å². The zero-order chi connectivity index (χ0) is 24.9. The van der Waals surface area contributed by atoms with Crippen molar-refractivity contribution in [2.24, 2.45) is 0 Å². The van der Waals surface area contributed by atoms with Crippen molar-refractivity contribution in [3.05, 3.63) is 82.8 Å². The first-order valence-corrected chi connectivity index (χ1v) is 12.5. The molecule has 1 atom stereocenters. The molecule has 0 heterocycles. The third-order valence-corrected chi connectivity index (χ3v) is 6.73. The number of anilines is 3. The molecule has 3 rings (SSSR count). The van der Waals surface area contributed by atoms with Crippen LogP contribution in [0.1, 0.15) is 17.3 Å². The molecule has 1 unspecified atom stereocenters. The maximum Gasteiger partial charge on any atom is 0.338 e. The normalized spacial score (nSPS) is 11.9. The van der Waals surface area contributed by atoms with Crippen LogP contribution in [0.15, 0.2) is 82.2 Å². The van der Waals surface area contributed by atoms with Crippen molar-refractivity contribution in [2.75, 3.05) is 29.0 Å². The molecule has 178 valence electrons. The summed E-state index contributed by atoms with van der Waals surface area (Å²) < 4.78 is 33.4. The molecule has 0 saturated carbocycles. The number of nitrogens with one attached hydrogen (secondary N) is 2. The van der Waals surface area contributed by atoms with E-state index in [1.165, 1.54) is 43.3 Å². The van der Waals surface area contributed by atoms with Gasteiger partial charge in [0.15, 0.2) is 6.10 Å². The molecule has 10 heteroatoms. The van der Waals surface area contributed by atoms with Crippen LogP contribution in [-0.4, -0.2) is 40.5 Å². The molecule has 34 heavy (non-hydrogen) atoms. The summed E-state index contributed by atoms with van der Waals surface area (Å²) in [5.41, 5.74) is 2.04. The van der Waals surface area contributed by atoms with Gasteiger partial charge in [0, 0.05) is 35.6 Å². The van der Waals surface area contributed by atoms with Gasteiger partial charge in [0.2, 0.25) is 0 Å². The molecular formula is C24H24BrN3O5S. The van der Waals surface area contributed by atoms with Crippen molar-refractivity contribution in [1.82, 2.24) is 0 Å². The van der Waals surface area contributed by atoms with Gasteiger partial charge in [0.1, 0.15) is 0 Å². The largest absolute Gasteiger partial charge is 0.449 e. The summed E-state index contributed by atoms with van der Waals surface area (Å²) in [6.45, 7) is 1.47. The van der Waals surface area contributed by atoms with E-state index < -0.39 is 28.0 Å². The molecule has 2 N–H and O–H groups in total. The van der Waals surface area contributed by atoms with E-state index in [9.17, 15) is 18.0 Å². The van der Waals surface area contributed by atoms with E-state index in [0.717, 1.165) is 10.2 Å². The van der Waals surface area contributed by atoms with E-state index in [1.807, 2.05) is 31.1 Å². The zero-order valence-electron chi connectivity index (χ0n) is 18.8. The lowest BCUT2D eigenvalue weighted by molar-refractivity contribution is -0.123. The van der Waals surface area contributed by atoms with Gasteiger partial charge in [-0.15, -0.1) is 0 Å². The van der Waals surface area contributed by atoms with E-state index in [0.29, 0.717) is 5.69 Å². The molecule has 0 fully saturated rings.